The zero-order valence-corrected chi connectivity index (χ0v) is 18.0. The summed E-state index contributed by atoms with van der Waals surface area (Å²) in [6.45, 7) is 11.3. The second kappa shape index (κ2) is 8.22. The van der Waals surface area contributed by atoms with Crippen LogP contribution in [0.1, 0.15) is 40.3 Å². The number of hydrogen-bond acceptors (Lipinski definition) is 3. The second-order valence-electron chi connectivity index (χ2n) is 7.50. The van der Waals surface area contributed by atoms with Gasteiger partial charge in [-0.2, -0.15) is 5.10 Å². The van der Waals surface area contributed by atoms with E-state index in [-0.39, 0.29) is 0 Å². The van der Waals surface area contributed by atoms with Crippen molar-refractivity contribution in [2.24, 2.45) is 17.8 Å². The predicted octanol–water partition coefficient (Wildman–Crippen LogP) is 5.53. The highest BCUT2D eigenvalue weighted by atomic mass is 19.2. The summed E-state index contributed by atoms with van der Waals surface area (Å²) in [5.74, 6) is -0.963. The zero-order valence-electron chi connectivity index (χ0n) is 18.0. The molecule has 4 nitrogen and oxygen atoms in total. The van der Waals surface area contributed by atoms with E-state index in [1.165, 1.54) is 6.07 Å². The Labute approximate surface area is 175 Å². The first-order valence-electron chi connectivity index (χ1n) is 9.70. The van der Waals surface area contributed by atoms with E-state index in [4.69, 9.17) is 5.73 Å². The SMILES string of the molecule is C=C(N)c1c(-c2ccc(Cc3c(C)c(C)cc(F)c3F)cc2C)nn(C)c1N=CC. The molecule has 0 aliphatic rings. The van der Waals surface area contributed by atoms with Crippen LogP contribution in [0.25, 0.3) is 17.0 Å². The Morgan fingerprint density at radius 1 is 1.20 bits per heavy atom. The van der Waals surface area contributed by atoms with E-state index in [0.717, 1.165) is 27.8 Å². The minimum atomic E-state index is -0.815. The van der Waals surface area contributed by atoms with E-state index in [9.17, 15) is 8.78 Å². The fourth-order valence-electron chi connectivity index (χ4n) is 3.69. The zero-order chi connectivity index (χ0) is 22.2. The summed E-state index contributed by atoms with van der Waals surface area (Å²) in [4.78, 5) is 4.37. The molecular formula is C24H26F2N4. The molecule has 2 aromatic carbocycles. The first-order chi connectivity index (χ1) is 14.1. The normalized spacial score (nSPS) is 11.4. The third-order valence-corrected chi connectivity index (χ3v) is 5.38. The molecule has 0 spiro atoms. The van der Waals surface area contributed by atoms with Gasteiger partial charge in [0.15, 0.2) is 17.5 Å². The van der Waals surface area contributed by atoms with Crippen molar-refractivity contribution in [2.75, 3.05) is 0 Å². The van der Waals surface area contributed by atoms with Crippen LogP contribution in [0.2, 0.25) is 0 Å². The molecule has 0 radical (unpaired) electrons. The molecule has 0 bridgehead atoms. The van der Waals surface area contributed by atoms with Crippen LogP contribution in [0.5, 0.6) is 0 Å². The van der Waals surface area contributed by atoms with Gasteiger partial charge in [-0.3, -0.25) is 0 Å². The van der Waals surface area contributed by atoms with Gasteiger partial charge in [0.05, 0.1) is 5.56 Å². The Morgan fingerprint density at radius 3 is 2.50 bits per heavy atom. The summed E-state index contributed by atoms with van der Waals surface area (Å²) in [5.41, 5.74) is 12.4. The first kappa shape index (κ1) is 21.4. The summed E-state index contributed by atoms with van der Waals surface area (Å²) < 4.78 is 30.0. The van der Waals surface area contributed by atoms with Crippen LogP contribution in [0.4, 0.5) is 14.6 Å². The number of nitrogens with zero attached hydrogens (tertiary/aromatic N) is 3. The van der Waals surface area contributed by atoms with Crippen molar-refractivity contribution in [3.05, 3.63) is 75.9 Å². The molecule has 1 heterocycles. The summed E-state index contributed by atoms with van der Waals surface area (Å²) >= 11 is 0. The van der Waals surface area contributed by atoms with Crippen LogP contribution in [-0.4, -0.2) is 16.0 Å². The number of benzene rings is 2. The van der Waals surface area contributed by atoms with Crippen molar-refractivity contribution in [1.82, 2.24) is 9.78 Å². The van der Waals surface area contributed by atoms with Crippen molar-refractivity contribution < 1.29 is 8.78 Å². The van der Waals surface area contributed by atoms with Crippen LogP contribution in [0.15, 0.2) is 35.8 Å². The van der Waals surface area contributed by atoms with Gasteiger partial charge in [0.2, 0.25) is 0 Å². The van der Waals surface area contributed by atoms with Crippen molar-refractivity contribution in [3.8, 4) is 11.3 Å². The van der Waals surface area contributed by atoms with Crippen LogP contribution < -0.4 is 5.73 Å². The molecule has 0 unspecified atom stereocenters. The summed E-state index contributed by atoms with van der Waals surface area (Å²) in [6.07, 6.45) is 1.99. The third kappa shape index (κ3) is 3.77. The van der Waals surface area contributed by atoms with E-state index in [2.05, 4.69) is 16.7 Å². The summed E-state index contributed by atoms with van der Waals surface area (Å²) in [7, 11) is 1.81. The van der Waals surface area contributed by atoms with Gasteiger partial charge >= 0.3 is 0 Å². The van der Waals surface area contributed by atoms with Crippen LogP contribution in [0.3, 0.4) is 0 Å². The highest BCUT2D eigenvalue weighted by Crippen LogP contribution is 2.35. The molecule has 0 saturated carbocycles. The Balaban J connectivity index is 2.07. The average molecular weight is 408 g/mol. The molecule has 1 aromatic heterocycles. The molecule has 2 N–H and O–H groups in total. The van der Waals surface area contributed by atoms with Gasteiger partial charge in [0.25, 0.3) is 0 Å². The molecule has 0 aliphatic carbocycles. The number of aromatic nitrogens is 2. The van der Waals surface area contributed by atoms with Crippen LogP contribution >= 0.6 is 0 Å². The maximum atomic E-state index is 14.4. The maximum Gasteiger partial charge on any atom is 0.162 e. The largest absolute Gasteiger partial charge is 0.399 e. The van der Waals surface area contributed by atoms with Crippen molar-refractivity contribution in [3.63, 3.8) is 0 Å². The second-order valence-corrected chi connectivity index (χ2v) is 7.50. The number of rotatable bonds is 5. The van der Waals surface area contributed by atoms with Crippen LogP contribution in [0, 0.1) is 32.4 Å². The van der Waals surface area contributed by atoms with Crippen molar-refractivity contribution in [2.45, 2.75) is 34.1 Å². The fourth-order valence-corrected chi connectivity index (χ4v) is 3.69. The van der Waals surface area contributed by atoms with Gasteiger partial charge in [-0.1, -0.05) is 24.8 Å². The Kier molecular flexibility index (Phi) is 5.87. The number of nitrogens with two attached hydrogens (primary N) is 1. The van der Waals surface area contributed by atoms with Gasteiger partial charge in [0, 0.05) is 30.9 Å². The van der Waals surface area contributed by atoms with E-state index in [0.29, 0.717) is 34.8 Å². The molecule has 0 amide bonds. The Hall–Kier alpha value is -3.28. The van der Waals surface area contributed by atoms with Crippen molar-refractivity contribution >= 4 is 17.7 Å². The average Bonchev–Trinajstić information content (AvgIpc) is 3.00. The molecule has 6 heteroatoms. The minimum absolute atomic E-state index is 0.307. The lowest BCUT2D eigenvalue weighted by molar-refractivity contribution is 0.498. The molecule has 30 heavy (non-hydrogen) atoms. The molecule has 3 aromatic rings. The third-order valence-electron chi connectivity index (χ3n) is 5.38. The number of aryl methyl sites for hydroxylation is 3. The fraction of sp³-hybridized carbons (Fsp3) is 0.250. The lowest BCUT2D eigenvalue weighted by Gasteiger charge is -2.13. The Morgan fingerprint density at radius 2 is 1.90 bits per heavy atom. The summed E-state index contributed by atoms with van der Waals surface area (Å²) in [6, 6.07) is 7.04. The van der Waals surface area contributed by atoms with Gasteiger partial charge in [0.1, 0.15) is 5.69 Å². The lowest BCUT2D eigenvalue weighted by Crippen LogP contribution is -2.02. The molecule has 156 valence electrons. The van der Waals surface area contributed by atoms with Gasteiger partial charge in [-0.15, -0.1) is 0 Å². The molecule has 0 atom stereocenters. The van der Waals surface area contributed by atoms with Gasteiger partial charge in [-0.25, -0.2) is 18.5 Å². The van der Waals surface area contributed by atoms with Gasteiger partial charge in [-0.05, 0) is 61.6 Å². The number of aliphatic imine (C=N–C) groups is 1. The van der Waals surface area contributed by atoms with Crippen molar-refractivity contribution in [1.29, 1.82) is 0 Å². The number of hydrogen-bond donors (Lipinski definition) is 1. The predicted molar refractivity (Wildman–Crippen MR) is 119 cm³/mol. The molecule has 0 fully saturated rings. The highest BCUT2D eigenvalue weighted by Gasteiger charge is 2.20. The van der Waals surface area contributed by atoms with E-state index in [1.54, 1.807) is 24.9 Å². The first-order valence-corrected chi connectivity index (χ1v) is 9.70. The lowest BCUT2D eigenvalue weighted by atomic mass is 9.93. The maximum absolute atomic E-state index is 14.4. The van der Waals surface area contributed by atoms with Crippen LogP contribution in [-0.2, 0) is 13.5 Å². The van der Waals surface area contributed by atoms with E-state index < -0.39 is 11.6 Å². The molecule has 0 aliphatic heterocycles. The summed E-state index contributed by atoms with van der Waals surface area (Å²) in [5, 5.41) is 4.60. The van der Waals surface area contributed by atoms with E-state index in [1.807, 2.05) is 39.0 Å². The van der Waals surface area contributed by atoms with Gasteiger partial charge < -0.3 is 5.73 Å². The monoisotopic (exact) mass is 408 g/mol. The quantitative estimate of drug-likeness (QED) is 0.564. The highest BCUT2D eigenvalue weighted by molar-refractivity contribution is 5.85. The molecule has 0 saturated heterocycles. The molecule has 3 rings (SSSR count). The topological polar surface area (TPSA) is 56.2 Å². The standard InChI is InChI=1S/C24H26F2N4/c1-7-28-24-21(16(5)27)23(29-30(24)6)18-9-8-17(10-14(18)3)12-19-15(4)13(2)11-20(25)22(19)26/h7-11H,5,12,27H2,1-4,6H3. The Bertz CT molecular complexity index is 1150. The van der Waals surface area contributed by atoms with E-state index >= 15 is 0 Å². The number of halogens is 2. The minimum Gasteiger partial charge on any atom is -0.399 e. The molecular weight excluding hydrogens is 382 g/mol. The smallest absolute Gasteiger partial charge is 0.162 e.